The molecule has 2 rings (SSSR count). The first kappa shape index (κ1) is 19.2. The maximum atomic E-state index is 12.0. The second-order valence-corrected chi connectivity index (χ2v) is 7.07. The molecule has 0 saturated heterocycles. The van der Waals surface area contributed by atoms with Crippen molar-refractivity contribution in [2.24, 2.45) is 0 Å². The molecule has 0 spiro atoms. The van der Waals surface area contributed by atoms with Crippen molar-refractivity contribution in [1.82, 2.24) is 0 Å². The lowest BCUT2D eigenvalue weighted by Gasteiger charge is -2.34. The van der Waals surface area contributed by atoms with Crippen molar-refractivity contribution in [3.05, 3.63) is 59.1 Å². The third-order valence-electron chi connectivity index (χ3n) is 3.74. The van der Waals surface area contributed by atoms with E-state index >= 15 is 0 Å². The molecule has 0 radical (unpaired) electrons. The molecule has 0 amide bonds. The van der Waals surface area contributed by atoms with Gasteiger partial charge >= 0.3 is 0 Å². The van der Waals surface area contributed by atoms with E-state index in [4.69, 9.17) is 16.3 Å². The standard InChI is InChI=1S/C20H19ClO3S/c1-3-5-14-24-17-10-12-18(13-11-17)25-20(4-2,19(22)23)15-6-8-16(21)9-7-15/h6-13H,4,14H2,1-2H3,(H,22,23)/p-1. The fraction of sp³-hybridized carbons (Fsp3) is 0.250. The SMILES string of the molecule is CC#CCOc1ccc(SC(CC)(C(=O)[O-])c2ccc(Cl)cc2)cc1. The molecule has 25 heavy (non-hydrogen) atoms. The fourth-order valence-electron chi connectivity index (χ4n) is 2.35. The zero-order valence-electron chi connectivity index (χ0n) is 14.0. The Hall–Kier alpha value is -2.09. The molecule has 2 aromatic carbocycles. The van der Waals surface area contributed by atoms with E-state index in [-0.39, 0.29) is 0 Å². The Kier molecular flexibility index (Phi) is 6.81. The summed E-state index contributed by atoms with van der Waals surface area (Å²) in [5.41, 5.74) is 0.656. The highest BCUT2D eigenvalue weighted by molar-refractivity contribution is 8.01. The summed E-state index contributed by atoms with van der Waals surface area (Å²) in [6, 6.07) is 14.1. The van der Waals surface area contributed by atoms with Crippen molar-refractivity contribution in [1.29, 1.82) is 0 Å². The fourth-order valence-corrected chi connectivity index (χ4v) is 3.64. The van der Waals surface area contributed by atoms with Crippen molar-refractivity contribution in [2.75, 3.05) is 6.61 Å². The quantitative estimate of drug-likeness (QED) is 0.545. The van der Waals surface area contributed by atoms with Crippen molar-refractivity contribution in [3.63, 3.8) is 0 Å². The average molecular weight is 374 g/mol. The summed E-state index contributed by atoms with van der Waals surface area (Å²) in [5.74, 6) is 5.15. The van der Waals surface area contributed by atoms with E-state index in [2.05, 4.69) is 11.8 Å². The highest BCUT2D eigenvalue weighted by atomic mass is 35.5. The molecule has 0 aliphatic carbocycles. The zero-order valence-corrected chi connectivity index (χ0v) is 15.6. The molecule has 0 N–H and O–H groups in total. The van der Waals surface area contributed by atoms with E-state index < -0.39 is 10.7 Å². The van der Waals surface area contributed by atoms with Gasteiger partial charge in [-0.15, -0.1) is 17.7 Å². The van der Waals surface area contributed by atoms with Crippen LogP contribution >= 0.6 is 23.4 Å². The second-order valence-electron chi connectivity index (χ2n) is 5.26. The molecule has 0 aromatic heterocycles. The van der Waals surface area contributed by atoms with Gasteiger partial charge in [0.1, 0.15) is 12.4 Å². The summed E-state index contributed by atoms with van der Waals surface area (Å²) in [7, 11) is 0. The first-order chi connectivity index (χ1) is 12.0. The lowest BCUT2D eigenvalue weighted by molar-refractivity contribution is -0.309. The maximum absolute atomic E-state index is 12.0. The Bertz CT molecular complexity index is 775. The van der Waals surface area contributed by atoms with E-state index in [1.807, 2.05) is 19.1 Å². The van der Waals surface area contributed by atoms with Crippen LogP contribution in [-0.4, -0.2) is 12.6 Å². The van der Waals surface area contributed by atoms with E-state index in [0.717, 1.165) is 4.90 Å². The number of hydrogen-bond donors (Lipinski definition) is 0. The van der Waals surface area contributed by atoms with Crippen LogP contribution in [0.5, 0.6) is 5.75 Å². The van der Waals surface area contributed by atoms with Crippen molar-refractivity contribution < 1.29 is 14.6 Å². The topological polar surface area (TPSA) is 49.4 Å². The highest BCUT2D eigenvalue weighted by Gasteiger charge is 2.33. The molecule has 130 valence electrons. The molecule has 0 fully saturated rings. The molecule has 0 bridgehead atoms. The minimum Gasteiger partial charge on any atom is -0.548 e. The van der Waals surface area contributed by atoms with E-state index in [1.54, 1.807) is 43.3 Å². The van der Waals surface area contributed by atoms with Crippen molar-refractivity contribution >= 4 is 29.3 Å². The van der Waals surface area contributed by atoms with Crippen LogP contribution in [0.15, 0.2) is 53.4 Å². The lowest BCUT2D eigenvalue weighted by Crippen LogP contribution is -2.43. The first-order valence-electron chi connectivity index (χ1n) is 7.81. The van der Waals surface area contributed by atoms with Gasteiger partial charge in [0.25, 0.3) is 0 Å². The van der Waals surface area contributed by atoms with Gasteiger partial charge < -0.3 is 14.6 Å². The summed E-state index contributed by atoms with van der Waals surface area (Å²) < 4.78 is 4.30. The number of carboxylic acid groups (broad SMARTS) is 1. The van der Waals surface area contributed by atoms with Gasteiger partial charge in [-0.2, -0.15) is 0 Å². The van der Waals surface area contributed by atoms with Gasteiger partial charge in [0.15, 0.2) is 0 Å². The van der Waals surface area contributed by atoms with Crippen LogP contribution in [0.3, 0.4) is 0 Å². The molecule has 1 unspecified atom stereocenters. The summed E-state index contributed by atoms with van der Waals surface area (Å²) in [5, 5.41) is 12.5. The van der Waals surface area contributed by atoms with Crippen LogP contribution in [-0.2, 0) is 9.54 Å². The number of hydrogen-bond acceptors (Lipinski definition) is 4. The molecule has 0 heterocycles. The molecule has 5 heteroatoms. The van der Waals surface area contributed by atoms with Gasteiger partial charge in [-0.05, 0) is 55.3 Å². The van der Waals surface area contributed by atoms with E-state index in [0.29, 0.717) is 29.4 Å². The Morgan fingerprint density at radius 3 is 2.36 bits per heavy atom. The Morgan fingerprint density at radius 2 is 1.84 bits per heavy atom. The monoisotopic (exact) mass is 373 g/mol. The number of rotatable bonds is 7. The normalized spacial score (nSPS) is 12.6. The molecule has 0 aliphatic rings. The number of carbonyl (C=O) groups excluding carboxylic acids is 1. The third-order valence-corrected chi connectivity index (χ3v) is 5.54. The number of carbonyl (C=O) groups is 1. The Labute approximate surface area is 157 Å². The number of carboxylic acids is 1. The van der Waals surface area contributed by atoms with E-state index in [1.165, 1.54) is 11.8 Å². The number of halogens is 1. The molecule has 2 aromatic rings. The maximum Gasteiger partial charge on any atom is 0.149 e. The van der Waals surface area contributed by atoms with Crippen molar-refractivity contribution in [3.8, 4) is 17.6 Å². The molecule has 1 atom stereocenters. The lowest BCUT2D eigenvalue weighted by atomic mass is 9.95. The molecular formula is C20H18ClO3S-. The molecule has 0 saturated carbocycles. The van der Waals surface area contributed by atoms with Crippen LogP contribution in [0.4, 0.5) is 0 Å². The highest BCUT2D eigenvalue weighted by Crippen LogP contribution is 2.44. The van der Waals surface area contributed by atoms with Crippen LogP contribution in [0, 0.1) is 11.8 Å². The molecule has 3 nitrogen and oxygen atoms in total. The van der Waals surface area contributed by atoms with Gasteiger partial charge in [-0.1, -0.05) is 36.6 Å². The average Bonchev–Trinajstić information content (AvgIpc) is 2.62. The van der Waals surface area contributed by atoms with E-state index in [9.17, 15) is 9.90 Å². The van der Waals surface area contributed by atoms with Gasteiger partial charge in [0.2, 0.25) is 0 Å². The smallest absolute Gasteiger partial charge is 0.149 e. The second kappa shape index (κ2) is 8.84. The van der Waals surface area contributed by atoms with Crippen LogP contribution in [0.25, 0.3) is 0 Å². The zero-order chi connectivity index (χ0) is 18.3. The largest absolute Gasteiger partial charge is 0.548 e. The van der Waals surface area contributed by atoms with Crippen LogP contribution < -0.4 is 9.84 Å². The summed E-state index contributed by atoms with van der Waals surface area (Å²) in [6.07, 6.45) is 0.381. The van der Waals surface area contributed by atoms with Crippen LogP contribution in [0.1, 0.15) is 25.8 Å². The summed E-state index contributed by atoms with van der Waals surface area (Å²) in [4.78, 5) is 12.8. The molecular weight excluding hydrogens is 356 g/mol. The third kappa shape index (κ3) is 4.72. The summed E-state index contributed by atoms with van der Waals surface area (Å²) >= 11 is 7.17. The minimum absolute atomic E-state index is 0.325. The number of thioether (sulfide) groups is 1. The van der Waals surface area contributed by atoms with Gasteiger partial charge in [-0.25, -0.2) is 0 Å². The first-order valence-corrected chi connectivity index (χ1v) is 9.00. The predicted octanol–water partition coefficient (Wildman–Crippen LogP) is 3.89. The number of ether oxygens (including phenoxy) is 1. The summed E-state index contributed by atoms with van der Waals surface area (Å²) in [6.45, 7) is 3.91. The predicted molar refractivity (Wildman–Crippen MR) is 99.7 cm³/mol. The number of aliphatic carboxylic acids is 1. The van der Waals surface area contributed by atoms with Crippen LogP contribution in [0.2, 0.25) is 5.02 Å². The van der Waals surface area contributed by atoms with Gasteiger partial charge in [0.05, 0.1) is 10.7 Å². The van der Waals surface area contributed by atoms with Gasteiger partial charge in [-0.3, -0.25) is 0 Å². The minimum atomic E-state index is -1.18. The Morgan fingerprint density at radius 1 is 1.20 bits per heavy atom. The van der Waals surface area contributed by atoms with Crippen molar-refractivity contribution in [2.45, 2.75) is 29.9 Å². The Balaban J connectivity index is 2.26. The molecule has 0 aliphatic heterocycles. The number of benzene rings is 2. The van der Waals surface area contributed by atoms with Gasteiger partial charge in [0, 0.05) is 9.92 Å².